The van der Waals surface area contributed by atoms with E-state index < -0.39 is 22.4 Å². The van der Waals surface area contributed by atoms with Gasteiger partial charge in [0.2, 0.25) is 5.89 Å². The maximum atomic E-state index is 12.9. The summed E-state index contributed by atoms with van der Waals surface area (Å²) in [7, 11) is 0. The lowest BCUT2D eigenvalue weighted by molar-refractivity contribution is -0.384. The number of nitrogens with zero attached hydrogens (tertiary/aromatic N) is 2. The van der Waals surface area contributed by atoms with Gasteiger partial charge in [-0.25, -0.2) is 14.2 Å². The highest BCUT2D eigenvalue weighted by Crippen LogP contribution is 2.30. The molecule has 1 heterocycles. The number of halogens is 1. The minimum atomic E-state index is -1.37. The van der Waals surface area contributed by atoms with Crippen molar-refractivity contribution >= 4 is 22.8 Å². The highest BCUT2D eigenvalue weighted by Gasteiger charge is 2.21. The standard InChI is InChI=1S/C14H7FN2O5/c15-8-3-1-7(2-4-8)13-16-11-6-9(17(20)21)5-10(14(18)19)12(11)22-13/h1-6H,(H,18,19). The van der Waals surface area contributed by atoms with E-state index in [4.69, 9.17) is 9.52 Å². The van der Waals surface area contributed by atoms with Gasteiger partial charge in [0.1, 0.15) is 16.9 Å². The van der Waals surface area contributed by atoms with Crippen molar-refractivity contribution in [2.24, 2.45) is 0 Å². The Hall–Kier alpha value is -3.29. The van der Waals surface area contributed by atoms with Crippen LogP contribution in [0.1, 0.15) is 10.4 Å². The van der Waals surface area contributed by atoms with Crippen LogP contribution >= 0.6 is 0 Å². The largest absolute Gasteiger partial charge is 0.478 e. The molecule has 0 saturated carbocycles. The van der Waals surface area contributed by atoms with E-state index in [0.29, 0.717) is 5.56 Å². The normalized spacial score (nSPS) is 10.8. The third kappa shape index (κ3) is 2.26. The van der Waals surface area contributed by atoms with Crippen molar-refractivity contribution in [1.29, 1.82) is 0 Å². The molecule has 0 spiro atoms. The summed E-state index contributed by atoms with van der Waals surface area (Å²) in [5, 5.41) is 20.0. The second-order valence-corrected chi connectivity index (χ2v) is 4.43. The summed E-state index contributed by atoms with van der Waals surface area (Å²) in [6.07, 6.45) is 0. The number of carboxylic acid groups (broad SMARTS) is 1. The molecule has 0 saturated heterocycles. The van der Waals surface area contributed by atoms with Crippen molar-refractivity contribution in [3.8, 4) is 11.5 Å². The number of carbonyl (C=O) groups is 1. The van der Waals surface area contributed by atoms with Crippen LogP contribution in [0.25, 0.3) is 22.6 Å². The zero-order chi connectivity index (χ0) is 15.9. The number of benzene rings is 2. The monoisotopic (exact) mass is 302 g/mol. The van der Waals surface area contributed by atoms with Gasteiger partial charge in [0, 0.05) is 17.7 Å². The van der Waals surface area contributed by atoms with Crippen molar-refractivity contribution in [3.63, 3.8) is 0 Å². The van der Waals surface area contributed by atoms with E-state index in [1.54, 1.807) is 0 Å². The fraction of sp³-hybridized carbons (Fsp3) is 0. The minimum Gasteiger partial charge on any atom is -0.478 e. The van der Waals surface area contributed by atoms with E-state index in [-0.39, 0.29) is 22.6 Å². The number of nitro benzene ring substituents is 1. The van der Waals surface area contributed by atoms with Crippen LogP contribution in [-0.4, -0.2) is 21.0 Å². The third-order valence-corrected chi connectivity index (χ3v) is 3.01. The first-order valence-corrected chi connectivity index (χ1v) is 6.04. The number of rotatable bonds is 3. The molecule has 0 atom stereocenters. The quantitative estimate of drug-likeness (QED) is 0.588. The molecule has 0 bridgehead atoms. The molecule has 7 nitrogen and oxygen atoms in total. The van der Waals surface area contributed by atoms with Gasteiger partial charge in [-0.3, -0.25) is 10.1 Å². The SMILES string of the molecule is O=C(O)c1cc([N+](=O)[O-])cc2nc(-c3ccc(F)cc3)oc12. The fourth-order valence-electron chi connectivity index (χ4n) is 2.00. The maximum absolute atomic E-state index is 12.9. The number of fused-ring (bicyclic) bond motifs is 1. The average Bonchev–Trinajstić information content (AvgIpc) is 2.90. The van der Waals surface area contributed by atoms with Crippen LogP contribution in [0.3, 0.4) is 0 Å². The number of carboxylic acids is 1. The molecule has 3 aromatic rings. The Balaban J connectivity index is 2.24. The lowest BCUT2D eigenvalue weighted by Crippen LogP contribution is -1.99. The Morgan fingerprint density at radius 1 is 1.27 bits per heavy atom. The second kappa shape index (κ2) is 4.92. The summed E-state index contributed by atoms with van der Waals surface area (Å²) in [5.41, 5.74) is -0.353. The zero-order valence-electron chi connectivity index (χ0n) is 10.8. The molecule has 1 aromatic heterocycles. The Bertz CT molecular complexity index is 901. The molecular formula is C14H7FN2O5. The van der Waals surface area contributed by atoms with E-state index in [0.717, 1.165) is 12.1 Å². The molecule has 0 aliphatic heterocycles. The van der Waals surface area contributed by atoms with Crippen molar-refractivity contribution in [2.75, 3.05) is 0 Å². The molecule has 0 unspecified atom stereocenters. The second-order valence-electron chi connectivity index (χ2n) is 4.43. The number of nitro groups is 1. The Morgan fingerprint density at radius 3 is 2.55 bits per heavy atom. The summed E-state index contributed by atoms with van der Waals surface area (Å²) in [5.74, 6) is -1.75. The van der Waals surface area contributed by atoms with Crippen molar-refractivity contribution < 1.29 is 23.6 Å². The van der Waals surface area contributed by atoms with E-state index in [9.17, 15) is 19.3 Å². The van der Waals surface area contributed by atoms with Gasteiger partial charge in [0.25, 0.3) is 5.69 Å². The minimum absolute atomic E-state index is 0.0472. The van der Waals surface area contributed by atoms with Crippen LogP contribution in [0.4, 0.5) is 10.1 Å². The highest BCUT2D eigenvalue weighted by molar-refractivity contribution is 6.01. The molecule has 110 valence electrons. The van der Waals surface area contributed by atoms with Crippen LogP contribution in [0.2, 0.25) is 0 Å². The molecule has 0 aliphatic rings. The van der Waals surface area contributed by atoms with Crippen LogP contribution < -0.4 is 0 Å². The molecular weight excluding hydrogens is 295 g/mol. The summed E-state index contributed by atoms with van der Waals surface area (Å²) >= 11 is 0. The summed E-state index contributed by atoms with van der Waals surface area (Å²) in [4.78, 5) is 25.4. The average molecular weight is 302 g/mol. The molecule has 3 rings (SSSR count). The van der Waals surface area contributed by atoms with Crippen LogP contribution in [-0.2, 0) is 0 Å². The number of oxazole rings is 1. The predicted octanol–water partition coefficient (Wildman–Crippen LogP) is 3.24. The van der Waals surface area contributed by atoms with E-state index >= 15 is 0 Å². The van der Waals surface area contributed by atoms with Crippen molar-refractivity contribution in [1.82, 2.24) is 4.98 Å². The summed E-state index contributed by atoms with van der Waals surface area (Å²) in [6.45, 7) is 0. The molecule has 1 N–H and O–H groups in total. The van der Waals surface area contributed by atoms with Gasteiger partial charge < -0.3 is 9.52 Å². The van der Waals surface area contributed by atoms with Crippen LogP contribution in [0.15, 0.2) is 40.8 Å². The maximum Gasteiger partial charge on any atom is 0.339 e. The molecule has 22 heavy (non-hydrogen) atoms. The molecule has 0 aliphatic carbocycles. The smallest absolute Gasteiger partial charge is 0.339 e. The van der Waals surface area contributed by atoms with Crippen LogP contribution in [0, 0.1) is 15.9 Å². The molecule has 0 amide bonds. The Kier molecular flexibility index (Phi) is 3.06. The molecule has 0 fully saturated rings. The van der Waals surface area contributed by atoms with E-state index in [1.807, 2.05) is 0 Å². The first-order chi connectivity index (χ1) is 10.5. The van der Waals surface area contributed by atoms with Crippen molar-refractivity contribution in [2.45, 2.75) is 0 Å². The zero-order valence-corrected chi connectivity index (χ0v) is 10.8. The Labute approximate surface area is 121 Å². The number of hydrogen-bond acceptors (Lipinski definition) is 5. The van der Waals surface area contributed by atoms with Gasteiger partial charge in [0.05, 0.1) is 4.92 Å². The van der Waals surface area contributed by atoms with E-state index in [2.05, 4.69) is 4.98 Å². The fourth-order valence-corrected chi connectivity index (χ4v) is 2.00. The van der Waals surface area contributed by atoms with Gasteiger partial charge in [-0.1, -0.05) is 0 Å². The van der Waals surface area contributed by atoms with Gasteiger partial charge >= 0.3 is 5.97 Å². The van der Waals surface area contributed by atoms with Crippen molar-refractivity contribution in [3.05, 3.63) is 57.9 Å². The molecule has 8 heteroatoms. The molecule has 0 radical (unpaired) electrons. The molecule has 2 aromatic carbocycles. The number of hydrogen-bond donors (Lipinski definition) is 1. The third-order valence-electron chi connectivity index (χ3n) is 3.01. The lowest BCUT2D eigenvalue weighted by Gasteiger charge is -1.96. The number of aromatic nitrogens is 1. The first kappa shape index (κ1) is 13.7. The van der Waals surface area contributed by atoms with Gasteiger partial charge in [-0.15, -0.1) is 0 Å². The summed E-state index contributed by atoms with van der Waals surface area (Å²) < 4.78 is 18.3. The number of aromatic carboxylic acids is 1. The Morgan fingerprint density at radius 2 is 1.95 bits per heavy atom. The highest BCUT2D eigenvalue weighted by atomic mass is 19.1. The van der Waals surface area contributed by atoms with Gasteiger partial charge in [0.15, 0.2) is 5.58 Å². The van der Waals surface area contributed by atoms with E-state index in [1.165, 1.54) is 24.3 Å². The first-order valence-electron chi connectivity index (χ1n) is 6.04. The topological polar surface area (TPSA) is 106 Å². The van der Waals surface area contributed by atoms with Gasteiger partial charge in [-0.05, 0) is 24.3 Å². The van der Waals surface area contributed by atoms with Crippen LogP contribution in [0.5, 0.6) is 0 Å². The summed E-state index contributed by atoms with van der Waals surface area (Å²) in [6, 6.07) is 7.25. The number of non-ortho nitro benzene ring substituents is 1. The van der Waals surface area contributed by atoms with Gasteiger partial charge in [-0.2, -0.15) is 0 Å². The predicted molar refractivity (Wildman–Crippen MR) is 73.0 cm³/mol. The lowest BCUT2D eigenvalue weighted by atomic mass is 10.2.